The highest BCUT2D eigenvalue weighted by molar-refractivity contribution is 4.90. The van der Waals surface area contributed by atoms with Gasteiger partial charge in [-0.25, -0.2) is 9.55 Å². The zero-order valence-electron chi connectivity index (χ0n) is 29.7. The number of H-pyrrole nitrogens is 1. The van der Waals surface area contributed by atoms with Crippen molar-refractivity contribution in [1.29, 1.82) is 0 Å². The molecule has 1 rings (SSSR count). The summed E-state index contributed by atoms with van der Waals surface area (Å²) < 4.78 is 2.60. The van der Waals surface area contributed by atoms with Crippen LogP contribution >= 0.6 is 0 Å². The Kier molecular flexibility index (Phi) is 28.3. The molecule has 0 saturated carbocycles. The van der Waals surface area contributed by atoms with E-state index in [4.69, 9.17) is 0 Å². The number of hydrogen-bond donors (Lipinski definition) is 1. The van der Waals surface area contributed by atoms with E-state index >= 15 is 0 Å². The first kappa shape index (κ1) is 39.2. The van der Waals surface area contributed by atoms with Gasteiger partial charge in [0.05, 0.1) is 12.0 Å². The van der Waals surface area contributed by atoms with Crippen LogP contribution in [0.1, 0.15) is 245 Å². The van der Waals surface area contributed by atoms with Gasteiger partial charge in [0.2, 0.25) is 0 Å². The number of hydrogen-bond acceptors (Lipinski definition) is 0. The first-order chi connectivity index (χ1) is 20.7. The maximum Gasteiger partial charge on any atom is 0.257 e. The van der Waals surface area contributed by atoms with Crippen LogP contribution in [0.4, 0.5) is 0 Å². The molecule has 0 saturated heterocycles. The van der Waals surface area contributed by atoms with Gasteiger partial charge in [0.15, 0.2) is 0 Å². The summed E-state index contributed by atoms with van der Waals surface area (Å²) in [5, 5.41) is 0. The van der Waals surface area contributed by atoms with Crippen molar-refractivity contribution in [2.24, 2.45) is 0 Å². The van der Waals surface area contributed by atoms with Crippen LogP contribution in [0.5, 0.6) is 0 Å². The van der Waals surface area contributed by atoms with Crippen molar-refractivity contribution in [3.8, 4) is 0 Å². The quantitative estimate of drug-likeness (QED) is 0.0623. The molecule has 42 heavy (non-hydrogen) atoms. The third kappa shape index (κ3) is 21.8. The van der Waals surface area contributed by atoms with Crippen molar-refractivity contribution in [3.05, 3.63) is 18.2 Å². The standard InChI is InChI=1S/C40H78N2/c1-5-8-10-12-14-16-18-20-21-22-24-26-28-30-32-35-39(33-7-3)40-41-36-37-42(40)38(4)34-31-29-27-25-23-19-17-15-13-11-9-6-2/h36-39H,5-35H2,1-4H3/p+1. The molecule has 2 unspecified atom stereocenters. The average molecular weight is 588 g/mol. The van der Waals surface area contributed by atoms with E-state index < -0.39 is 0 Å². The number of aromatic amines is 1. The second kappa shape index (κ2) is 30.2. The Labute approximate surface area is 266 Å². The van der Waals surface area contributed by atoms with E-state index in [0.29, 0.717) is 12.0 Å². The molecule has 248 valence electrons. The van der Waals surface area contributed by atoms with Crippen molar-refractivity contribution in [1.82, 2.24) is 4.98 Å². The lowest BCUT2D eigenvalue weighted by atomic mass is 9.94. The van der Waals surface area contributed by atoms with E-state index in [-0.39, 0.29) is 0 Å². The van der Waals surface area contributed by atoms with E-state index in [0.717, 1.165) is 0 Å². The van der Waals surface area contributed by atoms with Crippen molar-refractivity contribution in [3.63, 3.8) is 0 Å². The zero-order chi connectivity index (χ0) is 30.4. The maximum atomic E-state index is 3.68. The normalized spacial score (nSPS) is 13.1. The van der Waals surface area contributed by atoms with Gasteiger partial charge in [-0.1, -0.05) is 194 Å². The maximum absolute atomic E-state index is 3.68. The Balaban J connectivity index is 2.11. The van der Waals surface area contributed by atoms with E-state index in [1.807, 2.05) is 0 Å². The third-order valence-corrected chi connectivity index (χ3v) is 9.87. The lowest BCUT2D eigenvalue weighted by molar-refractivity contribution is -0.727. The van der Waals surface area contributed by atoms with Crippen LogP contribution in [-0.4, -0.2) is 4.98 Å². The molecule has 0 radical (unpaired) electrons. The van der Waals surface area contributed by atoms with Gasteiger partial charge < -0.3 is 0 Å². The molecule has 1 aromatic heterocycles. The predicted octanol–water partition coefficient (Wildman–Crippen LogP) is 14.1. The molecule has 0 aliphatic carbocycles. The summed E-state index contributed by atoms with van der Waals surface area (Å²) in [7, 11) is 0. The fourth-order valence-electron chi connectivity index (χ4n) is 7.02. The second-order valence-corrected chi connectivity index (χ2v) is 14.0. The van der Waals surface area contributed by atoms with Crippen molar-refractivity contribution in [2.75, 3.05) is 0 Å². The first-order valence-corrected chi connectivity index (χ1v) is 19.8. The molecule has 1 N–H and O–H groups in total. The molecule has 0 bridgehead atoms. The summed E-state index contributed by atoms with van der Waals surface area (Å²) in [5.74, 6) is 2.21. The minimum absolute atomic E-state index is 0.620. The highest BCUT2D eigenvalue weighted by atomic mass is 15.1. The van der Waals surface area contributed by atoms with Crippen LogP contribution < -0.4 is 4.57 Å². The Bertz CT molecular complexity index is 650. The number of unbranched alkanes of at least 4 members (excludes halogenated alkanes) is 25. The molecule has 1 heterocycles. The zero-order valence-corrected chi connectivity index (χ0v) is 29.7. The van der Waals surface area contributed by atoms with Gasteiger partial charge in [-0.2, -0.15) is 0 Å². The van der Waals surface area contributed by atoms with Crippen molar-refractivity contribution < 1.29 is 4.57 Å². The Morgan fingerprint density at radius 3 is 1.19 bits per heavy atom. The molecule has 2 heteroatoms. The van der Waals surface area contributed by atoms with Crippen LogP contribution in [-0.2, 0) is 0 Å². The monoisotopic (exact) mass is 588 g/mol. The topological polar surface area (TPSA) is 19.7 Å². The summed E-state index contributed by atoms with van der Waals surface area (Å²) in [6, 6.07) is 0.620. The van der Waals surface area contributed by atoms with Crippen LogP contribution in [0, 0.1) is 0 Å². The summed E-state index contributed by atoms with van der Waals surface area (Å²) in [6.07, 6.45) is 48.8. The van der Waals surface area contributed by atoms with Gasteiger partial charge in [0.25, 0.3) is 5.82 Å². The predicted molar refractivity (Wildman–Crippen MR) is 189 cm³/mol. The molecule has 0 fully saturated rings. The van der Waals surface area contributed by atoms with Crippen LogP contribution in [0.25, 0.3) is 0 Å². The van der Waals surface area contributed by atoms with Gasteiger partial charge in [0.1, 0.15) is 12.4 Å². The highest BCUT2D eigenvalue weighted by Gasteiger charge is 2.24. The molecular weight excluding hydrogens is 508 g/mol. The molecule has 2 nitrogen and oxygen atoms in total. The average Bonchev–Trinajstić information content (AvgIpc) is 3.49. The number of nitrogens with zero attached hydrogens (tertiary/aromatic N) is 1. The molecule has 0 aliphatic heterocycles. The molecular formula is C40H79N2+. The fourth-order valence-corrected chi connectivity index (χ4v) is 7.02. The van der Waals surface area contributed by atoms with Crippen LogP contribution in [0.3, 0.4) is 0 Å². The fraction of sp³-hybridized carbons (Fsp3) is 0.925. The van der Waals surface area contributed by atoms with Gasteiger partial charge in [-0.15, -0.1) is 0 Å². The summed E-state index contributed by atoms with van der Waals surface area (Å²) in [4.78, 5) is 3.68. The number of imidazole rings is 1. The van der Waals surface area contributed by atoms with Gasteiger partial charge in [-0.3, -0.25) is 0 Å². The minimum Gasteiger partial charge on any atom is -0.247 e. The number of nitrogens with one attached hydrogen (secondary N) is 1. The molecule has 1 aromatic rings. The summed E-state index contributed by atoms with van der Waals surface area (Å²) in [5.41, 5.74) is 0. The molecule has 0 aliphatic rings. The third-order valence-electron chi connectivity index (χ3n) is 9.87. The largest absolute Gasteiger partial charge is 0.257 e. The van der Waals surface area contributed by atoms with Crippen LogP contribution in [0.15, 0.2) is 12.4 Å². The van der Waals surface area contributed by atoms with Crippen molar-refractivity contribution >= 4 is 0 Å². The van der Waals surface area contributed by atoms with E-state index in [1.54, 1.807) is 0 Å². The molecule has 0 aromatic carbocycles. The second-order valence-electron chi connectivity index (χ2n) is 14.0. The lowest BCUT2D eigenvalue weighted by Gasteiger charge is -2.16. The lowest BCUT2D eigenvalue weighted by Crippen LogP contribution is -2.41. The Morgan fingerprint density at radius 1 is 0.452 bits per heavy atom. The van der Waals surface area contributed by atoms with E-state index in [1.165, 1.54) is 205 Å². The first-order valence-electron chi connectivity index (χ1n) is 19.8. The number of rotatable bonds is 33. The Morgan fingerprint density at radius 2 is 0.810 bits per heavy atom. The van der Waals surface area contributed by atoms with E-state index in [2.05, 4.69) is 49.6 Å². The van der Waals surface area contributed by atoms with Gasteiger partial charge in [0, 0.05) is 0 Å². The number of aromatic nitrogens is 2. The van der Waals surface area contributed by atoms with Crippen molar-refractivity contribution in [2.45, 2.75) is 239 Å². The smallest absolute Gasteiger partial charge is 0.247 e. The molecule has 0 amide bonds. The Hall–Kier alpha value is -0.790. The molecule has 0 spiro atoms. The van der Waals surface area contributed by atoms with E-state index in [9.17, 15) is 0 Å². The van der Waals surface area contributed by atoms with Gasteiger partial charge >= 0.3 is 0 Å². The highest BCUT2D eigenvalue weighted by Crippen LogP contribution is 2.26. The minimum atomic E-state index is 0.620. The summed E-state index contributed by atoms with van der Waals surface area (Å²) in [6.45, 7) is 9.43. The van der Waals surface area contributed by atoms with Gasteiger partial charge in [-0.05, 0) is 32.6 Å². The SMILES string of the molecule is CCCCCCCCCCCCCCCCCC(CCC)c1[nH]cc[n+]1C(C)CCCCCCCCCCCCCC. The van der Waals surface area contributed by atoms with Crippen LogP contribution in [0.2, 0.25) is 0 Å². The summed E-state index contributed by atoms with van der Waals surface area (Å²) >= 11 is 0. The molecule has 2 atom stereocenters.